The largest absolute Gasteiger partial charge is 0.484 e. The fourth-order valence-corrected chi connectivity index (χ4v) is 3.16. The Morgan fingerprint density at radius 2 is 1.81 bits per heavy atom. The molecule has 2 aromatic carbocycles. The highest BCUT2D eigenvalue weighted by atomic mass is 16.5. The molecule has 3 rings (SSSR count). The zero-order valence-corrected chi connectivity index (χ0v) is 15.5. The smallest absolute Gasteiger partial charge is 0.321 e. The van der Waals surface area contributed by atoms with Gasteiger partial charge in [-0.25, -0.2) is 4.79 Å². The van der Waals surface area contributed by atoms with E-state index in [1.165, 1.54) is 4.90 Å². The van der Waals surface area contributed by atoms with Crippen molar-refractivity contribution in [3.8, 4) is 5.75 Å². The van der Waals surface area contributed by atoms with Crippen molar-refractivity contribution in [1.82, 2.24) is 4.90 Å². The topological polar surface area (TPSA) is 78.9 Å². The fourth-order valence-electron chi connectivity index (χ4n) is 3.16. The van der Waals surface area contributed by atoms with E-state index in [0.29, 0.717) is 24.4 Å². The van der Waals surface area contributed by atoms with Gasteiger partial charge in [0.25, 0.3) is 0 Å². The maximum Gasteiger partial charge on any atom is 0.321 e. The van der Waals surface area contributed by atoms with E-state index < -0.39 is 11.4 Å². The number of hydrogen-bond acceptors (Lipinski definition) is 3. The molecule has 1 aliphatic rings. The van der Waals surface area contributed by atoms with Crippen molar-refractivity contribution < 1.29 is 19.4 Å². The van der Waals surface area contributed by atoms with E-state index in [1.807, 2.05) is 49.4 Å². The molecule has 6 nitrogen and oxygen atoms in total. The van der Waals surface area contributed by atoms with Crippen LogP contribution in [0.1, 0.15) is 31.9 Å². The van der Waals surface area contributed by atoms with E-state index >= 15 is 0 Å². The Hall–Kier alpha value is -3.02. The number of nitrogens with one attached hydrogen (secondary N) is 1. The van der Waals surface area contributed by atoms with Gasteiger partial charge in [0.1, 0.15) is 11.9 Å². The molecule has 1 heterocycles. The zero-order valence-electron chi connectivity index (χ0n) is 15.5. The number of carboxylic acid groups (broad SMARTS) is 1. The minimum atomic E-state index is -0.894. The molecular weight excluding hydrogens is 344 g/mol. The lowest BCUT2D eigenvalue weighted by Gasteiger charge is -2.22. The van der Waals surface area contributed by atoms with E-state index in [0.717, 1.165) is 5.56 Å². The van der Waals surface area contributed by atoms with Gasteiger partial charge in [-0.05, 0) is 38.0 Å². The van der Waals surface area contributed by atoms with Gasteiger partial charge in [-0.15, -0.1) is 0 Å². The average Bonchev–Trinajstić information content (AvgIpc) is 3.08. The monoisotopic (exact) mass is 368 g/mol. The van der Waals surface area contributed by atoms with E-state index in [9.17, 15) is 14.7 Å². The molecule has 0 spiro atoms. The Morgan fingerprint density at radius 3 is 2.48 bits per heavy atom. The van der Waals surface area contributed by atoms with Crippen LogP contribution < -0.4 is 10.1 Å². The number of aliphatic carboxylic acids is 1. The number of ether oxygens (including phenoxy) is 1. The van der Waals surface area contributed by atoms with Gasteiger partial charge in [-0.1, -0.05) is 42.5 Å². The molecule has 6 heteroatoms. The number of carbonyl (C=O) groups is 2. The Balaban J connectivity index is 1.69. The number of para-hydroxylation sites is 2. The Bertz CT molecular complexity index is 824. The van der Waals surface area contributed by atoms with Gasteiger partial charge in [-0.3, -0.25) is 4.79 Å². The maximum absolute atomic E-state index is 12.6. The lowest BCUT2D eigenvalue weighted by molar-refractivity contribution is -0.146. The summed E-state index contributed by atoms with van der Waals surface area (Å²) in [7, 11) is 0. The lowest BCUT2D eigenvalue weighted by Crippen LogP contribution is -2.37. The lowest BCUT2D eigenvalue weighted by atomic mass is 9.90. The third-order valence-corrected chi connectivity index (χ3v) is 4.98. The number of likely N-dealkylation sites (tertiary alicyclic amines) is 1. The Kier molecular flexibility index (Phi) is 5.35. The number of anilines is 1. The number of amides is 2. The highest BCUT2D eigenvalue weighted by Gasteiger charge is 2.42. The van der Waals surface area contributed by atoms with Crippen LogP contribution in [-0.2, 0) is 4.79 Å². The van der Waals surface area contributed by atoms with Crippen molar-refractivity contribution >= 4 is 17.7 Å². The molecule has 142 valence electrons. The number of carboxylic acids is 1. The van der Waals surface area contributed by atoms with E-state index in [2.05, 4.69) is 5.32 Å². The summed E-state index contributed by atoms with van der Waals surface area (Å²) in [5, 5.41) is 12.2. The first-order chi connectivity index (χ1) is 12.9. The second-order valence-electron chi connectivity index (χ2n) is 7.13. The van der Waals surface area contributed by atoms with E-state index in [1.54, 1.807) is 19.1 Å². The average molecular weight is 368 g/mol. The van der Waals surface area contributed by atoms with Gasteiger partial charge in [0.15, 0.2) is 0 Å². The molecule has 1 fully saturated rings. The second-order valence-corrected chi connectivity index (χ2v) is 7.13. The predicted molar refractivity (Wildman–Crippen MR) is 103 cm³/mol. The highest BCUT2D eigenvalue weighted by molar-refractivity contribution is 5.92. The van der Waals surface area contributed by atoms with Gasteiger partial charge in [0, 0.05) is 13.1 Å². The first kappa shape index (κ1) is 18.8. The van der Waals surface area contributed by atoms with Crippen LogP contribution >= 0.6 is 0 Å². The third kappa shape index (κ3) is 4.22. The van der Waals surface area contributed by atoms with Crippen LogP contribution in [0.4, 0.5) is 10.5 Å². The highest BCUT2D eigenvalue weighted by Crippen LogP contribution is 2.32. The fraction of sp³-hybridized carbons (Fsp3) is 0.333. The summed E-state index contributed by atoms with van der Waals surface area (Å²) in [6.45, 7) is 4.23. The van der Waals surface area contributed by atoms with Gasteiger partial charge < -0.3 is 20.1 Å². The van der Waals surface area contributed by atoms with Crippen molar-refractivity contribution in [2.75, 3.05) is 18.4 Å². The van der Waals surface area contributed by atoms with Crippen molar-refractivity contribution in [2.45, 2.75) is 26.4 Å². The SMILES string of the molecule is CC(Oc1ccccc1NC(=O)N1CCC(C)(C(=O)O)C1)c1ccccc1. The molecule has 2 atom stereocenters. The van der Waals surface area contributed by atoms with Crippen molar-refractivity contribution in [3.05, 3.63) is 60.2 Å². The number of urea groups is 1. The molecule has 1 saturated heterocycles. The van der Waals surface area contributed by atoms with Crippen LogP contribution in [0.15, 0.2) is 54.6 Å². The quantitative estimate of drug-likeness (QED) is 0.831. The van der Waals surface area contributed by atoms with Gasteiger partial charge in [0.2, 0.25) is 0 Å². The van der Waals surface area contributed by atoms with Crippen LogP contribution in [0.2, 0.25) is 0 Å². The summed E-state index contributed by atoms with van der Waals surface area (Å²) in [6, 6.07) is 16.8. The van der Waals surface area contributed by atoms with Crippen molar-refractivity contribution in [1.29, 1.82) is 0 Å². The molecule has 0 bridgehead atoms. The van der Waals surface area contributed by atoms with Crippen LogP contribution in [0.25, 0.3) is 0 Å². The zero-order chi connectivity index (χ0) is 19.4. The second kappa shape index (κ2) is 7.70. The molecule has 0 radical (unpaired) electrons. The number of benzene rings is 2. The van der Waals surface area contributed by atoms with Gasteiger partial charge in [-0.2, -0.15) is 0 Å². The number of hydrogen-bond donors (Lipinski definition) is 2. The first-order valence-electron chi connectivity index (χ1n) is 8.99. The van der Waals surface area contributed by atoms with Crippen LogP contribution in [0.5, 0.6) is 5.75 Å². The molecular formula is C21H24N2O4. The molecule has 0 saturated carbocycles. The van der Waals surface area contributed by atoms with Crippen LogP contribution in [0, 0.1) is 5.41 Å². The molecule has 2 amide bonds. The summed E-state index contributed by atoms with van der Waals surface area (Å²) < 4.78 is 6.05. The van der Waals surface area contributed by atoms with Crippen molar-refractivity contribution in [2.24, 2.45) is 5.41 Å². The maximum atomic E-state index is 12.6. The van der Waals surface area contributed by atoms with Crippen LogP contribution in [-0.4, -0.2) is 35.1 Å². The van der Waals surface area contributed by atoms with Gasteiger partial charge in [0.05, 0.1) is 11.1 Å². The van der Waals surface area contributed by atoms with Gasteiger partial charge >= 0.3 is 12.0 Å². The standard InChI is InChI=1S/C21H24N2O4/c1-15(16-8-4-3-5-9-16)27-18-11-7-6-10-17(18)22-20(26)23-13-12-21(2,14-23)19(24)25/h3-11,15H,12-14H2,1-2H3,(H,22,26)(H,24,25). The molecule has 2 unspecified atom stereocenters. The molecule has 0 aliphatic carbocycles. The summed E-state index contributed by atoms with van der Waals surface area (Å²) >= 11 is 0. The summed E-state index contributed by atoms with van der Waals surface area (Å²) in [6.07, 6.45) is 0.269. The third-order valence-electron chi connectivity index (χ3n) is 4.98. The van der Waals surface area contributed by atoms with Crippen molar-refractivity contribution in [3.63, 3.8) is 0 Å². The van der Waals surface area contributed by atoms with E-state index in [4.69, 9.17) is 4.74 Å². The predicted octanol–water partition coefficient (Wildman–Crippen LogP) is 4.16. The first-order valence-corrected chi connectivity index (χ1v) is 8.99. The Morgan fingerprint density at radius 1 is 1.15 bits per heavy atom. The number of rotatable bonds is 5. The summed E-state index contributed by atoms with van der Waals surface area (Å²) in [5.41, 5.74) is 0.708. The Labute approximate surface area is 158 Å². The van der Waals surface area contributed by atoms with Crippen LogP contribution in [0.3, 0.4) is 0 Å². The summed E-state index contributed by atoms with van der Waals surface area (Å²) in [5.74, 6) is -0.305. The molecule has 27 heavy (non-hydrogen) atoms. The molecule has 1 aliphatic heterocycles. The minimum Gasteiger partial charge on any atom is -0.484 e. The molecule has 0 aromatic heterocycles. The minimum absolute atomic E-state index is 0.175. The summed E-state index contributed by atoms with van der Waals surface area (Å²) in [4.78, 5) is 25.5. The number of carbonyl (C=O) groups excluding carboxylic acids is 1. The molecule has 2 N–H and O–H groups in total. The molecule has 2 aromatic rings. The number of nitrogens with zero attached hydrogens (tertiary/aromatic N) is 1. The normalized spacial score (nSPS) is 20.1. The van der Waals surface area contributed by atoms with E-state index in [-0.39, 0.29) is 18.7 Å².